The number of phenolic OH excluding ortho intramolecular Hbond substituents is 1. The molecule has 1 heterocycles. The van der Waals surface area contributed by atoms with E-state index in [9.17, 15) is 13.5 Å². The summed E-state index contributed by atoms with van der Waals surface area (Å²) < 4.78 is 26.9. The minimum atomic E-state index is -3.71. The van der Waals surface area contributed by atoms with Crippen molar-refractivity contribution in [3.63, 3.8) is 0 Å². The van der Waals surface area contributed by atoms with Crippen LogP contribution in [0.25, 0.3) is 11.4 Å². The topological polar surface area (TPSA) is 105 Å². The van der Waals surface area contributed by atoms with Crippen molar-refractivity contribution >= 4 is 15.7 Å². The number of hydrogen-bond acceptors (Lipinski definition) is 6. The molecule has 23 heavy (non-hydrogen) atoms. The van der Waals surface area contributed by atoms with Gasteiger partial charge in [0.1, 0.15) is 18.4 Å². The summed E-state index contributed by atoms with van der Waals surface area (Å²) in [5.74, 6) is 0.166. The van der Waals surface area contributed by atoms with Crippen molar-refractivity contribution in [2.24, 2.45) is 0 Å². The zero-order chi connectivity index (χ0) is 16.3. The summed E-state index contributed by atoms with van der Waals surface area (Å²) in [5, 5.41) is 10.1. The summed E-state index contributed by atoms with van der Waals surface area (Å²) in [6.45, 7) is 0. The van der Waals surface area contributed by atoms with E-state index in [1.54, 1.807) is 18.2 Å². The first kappa shape index (κ1) is 14.9. The molecule has 0 fully saturated rings. The highest BCUT2D eigenvalue weighted by Crippen LogP contribution is 2.29. The molecule has 0 saturated carbocycles. The second-order valence-corrected chi connectivity index (χ2v) is 6.29. The summed E-state index contributed by atoms with van der Waals surface area (Å²) >= 11 is 0. The van der Waals surface area contributed by atoms with Crippen LogP contribution in [0.5, 0.6) is 5.75 Å². The van der Waals surface area contributed by atoms with Crippen LogP contribution in [0.1, 0.15) is 0 Å². The average molecular weight is 328 g/mol. The minimum absolute atomic E-state index is 0.135. The summed E-state index contributed by atoms with van der Waals surface area (Å²) in [6, 6.07) is 12.3. The summed E-state index contributed by atoms with van der Waals surface area (Å²) in [7, 11) is -3.71. The standard InChI is InChI=1S/C15H12N4O3S/c20-14-8-11(6-7-13(14)15-17-9-16-10-18-15)19-23(21,22)12-4-2-1-3-5-12/h1-10,19-20H. The third-order valence-corrected chi connectivity index (χ3v) is 4.43. The molecule has 0 radical (unpaired) electrons. The van der Waals surface area contributed by atoms with Crippen molar-refractivity contribution in [2.45, 2.75) is 4.90 Å². The van der Waals surface area contributed by atoms with E-state index in [4.69, 9.17) is 0 Å². The molecule has 0 bridgehead atoms. The monoisotopic (exact) mass is 328 g/mol. The van der Waals surface area contributed by atoms with Crippen LogP contribution < -0.4 is 4.72 Å². The molecule has 0 unspecified atom stereocenters. The molecule has 0 atom stereocenters. The van der Waals surface area contributed by atoms with Gasteiger partial charge < -0.3 is 5.11 Å². The number of hydrogen-bond donors (Lipinski definition) is 2. The molecule has 0 aliphatic rings. The number of nitrogens with zero attached hydrogens (tertiary/aromatic N) is 3. The number of aromatic hydroxyl groups is 1. The van der Waals surface area contributed by atoms with Crippen LogP contribution in [0.2, 0.25) is 0 Å². The number of sulfonamides is 1. The van der Waals surface area contributed by atoms with Crippen LogP contribution in [-0.2, 0) is 10.0 Å². The average Bonchev–Trinajstić information content (AvgIpc) is 2.56. The van der Waals surface area contributed by atoms with Gasteiger partial charge in [0.05, 0.1) is 16.1 Å². The quantitative estimate of drug-likeness (QED) is 0.759. The third kappa shape index (κ3) is 3.27. The molecule has 8 heteroatoms. The maximum Gasteiger partial charge on any atom is 0.261 e. The van der Waals surface area contributed by atoms with E-state index in [-0.39, 0.29) is 16.3 Å². The second kappa shape index (κ2) is 6.01. The molecule has 2 aromatic carbocycles. The van der Waals surface area contributed by atoms with Crippen molar-refractivity contribution in [1.29, 1.82) is 0 Å². The highest BCUT2D eigenvalue weighted by atomic mass is 32.2. The molecule has 2 N–H and O–H groups in total. The Labute approximate surface area is 132 Å². The Balaban J connectivity index is 1.90. The smallest absolute Gasteiger partial charge is 0.261 e. The van der Waals surface area contributed by atoms with Crippen molar-refractivity contribution in [3.05, 3.63) is 61.2 Å². The first-order chi connectivity index (χ1) is 11.1. The van der Waals surface area contributed by atoms with Gasteiger partial charge in [-0.25, -0.2) is 23.4 Å². The predicted molar refractivity (Wildman–Crippen MR) is 84.2 cm³/mol. The van der Waals surface area contributed by atoms with E-state index in [2.05, 4.69) is 19.7 Å². The summed E-state index contributed by atoms with van der Waals surface area (Å²) in [5.41, 5.74) is 0.624. The molecule has 0 aliphatic heterocycles. The first-order valence-corrected chi connectivity index (χ1v) is 8.08. The lowest BCUT2D eigenvalue weighted by atomic mass is 10.1. The summed E-state index contributed by atoms with van der Waals surface area (Å²) in [6.07, 6.45) is 2.63. The van der Waals surface area contributed by atoms with Gasteiger partial charge in [0, 0.05) is 6.07 Å². The molecule has 3 aromatic rings. The van der Waals surface area contributed by atoms with Crippen molar-refractivity contribution in [1.82, 2.24) is 15.0 Å². The zero-order valence-corrected chi connectivity index (χ0v) is 12.6. The van der Waals surface area contributed by atoms with Crippen molar-refractivity contribution in [2.75, 3.05) is 4.72 Å². The maximum absolute atomic E-state index is 12.2. The molecule has 0 saturated heterocycles. The maximum atomic E-state index is 12.2. The normalized spacial score (nSPS) is 11.1. The molecular formula is C15H12N4O3S. The molecule has 116 valence electrons. The number of phenols is 1. The SMILES string of the molecule is O=S(=O)(Nc1ccc(-c2ncncn2)c(O)c1)c1ccccc1. The Morgan fingerprint density at radius 1 is 0.957 bits per heavy atom. The Morgan fingerprint density at radius 2 is 1.65 bits per heavy atom. The van der Waals surface area contributed by atoms with Gasteiger partial charge in [0.2, 0.25) is 0 Å². The number of aromatic nitrogens is 3. The van der Waals surface area contributed by atoms with E-state index in [0.29, 0.717) is 11.4 Å². The lowest BCUT2D eigenvalue weighted by Gasteiger charge is -2.10. The number of anilines is 1. The van der Waals surface area contributed by atoms with Gasteiger partial charge in [-0.1, -0.05) is 18.2 Å². The molecule has 0 spiro atoms. The van der Waals surface area contributed by atoms with E-state index in [1.807, 2.05) is 0 Å². The largest absolute Gasteiger partial charge is 0.507 e. The first-order valence-electron chi connectivity index (χ1n) is 6.59. The zero-order valence-electron chi connectivity index (χ0n) is 11.8. The fourth-order valence-electron chi connectivity index (χ4n) is 1.98. The van der Waals surface area contributed by atoms with Crippen LogP contribution in [-0.4, -0.2) is 28.5 Å². The highest BCUT2D eigenvalue weighted by Gasteiger charge is 2.15. The second-order valence-electron chi connectivity index (χ2n) is 4.61. The minimum Gasteiger partial charge on any atom is -0.507 e. The van der Waals surface area contributed by atoms with Crippen LogP contribution in [0.3, 0.4) is 0 Å². The summed E-state index contributed by atoms with van der Waals surface area (Å²) in [4.78, 5) is 11.7. The Hall–Kier alpha value is -3.00. The van der Waals surface area contributed by atoms with Gasteiger partial charge in [-0.15, -0.1) is 0 Å². The van der Waals surface area contributed by atoms with Gasteiger partial charge in [0.15, 0.2) is 5.82 Å². The third-order valence-electron chi connectivity index (χ3n) is 3.04. The van der Waals surface area contributed by atoms with Gasteiger partial charge in [0.25, 0.3) is 10.0 Å². The van der Waals surface area contributed by atoms with Gasteiger partial charge >= 0.3 is 0 Å². The van der Waals surface area contributed by atoms with Gasteiger partial charge in [-0.3, -0.25) is 4.72 Å². The molecular weight excluding hydrogens is 316 g/mol. The predicted octanol–water partition coefficient (Wildman–Crippen LogP) is 2.04. The van der Waals surface area contributed by atoms with Crippen molar-refractivity contribution < 1.29 is 13.5 Å². The lowest BCUT2D eigenvalue weighted by Crippen LogP contribution is -2.12. The van der Waals surface area contributed by atoms with Crippen LogP contribution >= 0.6 is 0 Å². The molecule has 0 amide bonds. The Kier molecular flexibility index (Phi) is 3.90. The van der Waals surface area contributed by atoms with Crippen molar-refractivity contribution in [3.8, 4) is 17.1 Å². The number of rotatable bonds is 4. The fraction of sp³-hybridized carbons (Fsp3) is 0. The highest BCUT2D eigenvalue weighted by molar-refractivity contribution is 7.92. The van der Waals surface area contributed by atoms with Gasteiger partial charge in [-0.2, -0.15) is 0 Å². The fourth-order valence-corrected chi connectivity index (χ4v) is 3.05. The molecule has 1 aromatic heterocycles. The molecule has 3 rings (SSSR count). The van der Waals surface area contributed by atoms with E-state index in [0.717, 1.165) is 0 Å². The van der Waals surface area contributed by atoms with Crippen LogP contribution in [0.4, 0.5) is 5.69 Å². The van der Waals surface area contributed by atoms with Gasteiger partial charge in [-0.05, 0) is 24.3 Å². The van der Waals surface area contributed by atoms with Crippen LogP contribution in [0.15, 0.2) is 66.1 Å². The lowest BCUT2D eigenvalue weighted by molar-refractivity contribution is 0.477. The van der Waals surface area contributed by atoms with E-state index in [1.165, 1.54) is 43.0 Å². The van der Waals surface area contributed by atoms with Crippen LogP contribution in [0, 0.1) is 0 Å². The molecule has 7 nitrogen and oxygen atoms in total. The number of benzene rings is 2. The van der Waals surface area contributed by atoms with E-state index >= 15 is 0 Å². The molecule has 0 aliphatic carbocycles. The Morgan fingerprint density at radius 3 is 2.30 bits per heavy atom. The number of nitrogens with one attached hydrogen (secondary N) is 1. The Bertz CT molecular complexity index is 916. The van der Waals surface area contributed by atoms with E-state index < -0.39 is 10.0 Å².